The van der Waals surface area contributed by atoms with E-state index >= 15 is 0 Å². The van der Waals surface area contributed by atoms with Crippen molar-refractivity contribution in [3.8, 4) is 0 Å². The van der Waals surface area contributed by atoms with E-state index in [0.29, 0.717) is 0 Å². The molecule has 0 N–H and O–H groups in total. The number of carbonyl (C=O) groups is 1. The minimum Gasteiger partial charge on any atom is -0.464 e. The van der Waals surface area contributed by atoms with Gasteiger partial charge in [0.15, 0.2) is 23.3 Å². The summed E-state index contributed by atoms with van der Waals surface area (Å²) in [6.07, 6.45) is -4.86. The molecule has 4 atom stereocenters. The van der Waals surface area contributed by atoms with Gasteiger partial charge in [0, 0.05) is 16.7 Å². The molecule has 1 aromatic carbocycles. The van der Waals surface area contributed by atoms with Gasteiger partial charge in [-0.2, -0.15) is 13.2 Å². The summed E-state index contributed by atoms with van der Waals surface area (Å²) in [5.74, 6) is -5.61. The Bertz CT molecular complexity index is 694. The maximum absolute atomic E-state index is 14.2. The SMILES string of the molecule is CCOC(=O)[C@@H]1O[C@@](C)(C(F)(F)F)[C@@H](C)[C@H]1c1ccc(F)c(F)c1SC. The highest BCUT2D eigenvalue weighted by Gasteiger charge is 2.66. The van der Waals surface area contributed by atoms with Gasteiger partial charge >= 0.3 is 12.1 Å². The highest BCUT2D eigenvalue weighted by atomic mass is 32.2. The fourth-order valence-corrected chi connectivity index (χ4v) is 3.96. The molecule has 0 aromatic heterocycles. The largest absolute Gasteiger partial charge is 0.464 e. The van der Waals surface area contributed by atoms with Crippen molar-refractivity contribution in [1.29, 1.82) is 0 Å². The Labute approximate surface area is 152 Å². The van der Waals surface area contributed by atoms with Gasteiger partial charge in [-0.25, -0.2) is 13.6 Å². The van der Waals surface area contributed by atoms with Gasteiger partial charge in [-0.3, -0.25) is 0 Å². The summed E-state index contributed by atoms with van der Waals surface area (Å²) in [6.45, 7) is 3.60. The molecule has 9 heteroatoms. The van der Waals surface area contributed by atoms with Crippen molar-refractivity contribution >= 4 is 17.7 Å². The molecule has 1 heterocycles. The topological polar surface area (TPSA) is 35.5 Å². The fourth-order valence-electron chi connectivity index (χ4n) is 3.24. The fraction of sp³-hybridized carbons (Fsp3) is 0.588. The molecule has 1 aromatic rings. The summed E-state index contributed by atoms with van der Waals surface area (Å²) < 4.78 is 78.6. The van der Waals surface area contributed by atoms with Crippen LogP contribution in [0.3, 0.4) is 0 Å². The molecule has 0 radical (unpaired) electrons. The van der Waals surface area contributed by atoms with Gasteiger partial charge in [-0.15, -0.1) is 11.8 Å². The average Bonchev–Trinajstić information content (AvgIpc) is 2.83. The van der Waals surface area contributed by atoms with Crippen LogP contribution in [0.25, 0.3) is 0 Å². The molecule has 1 aliphatic heterocycles. The Morgan fingerprint density at radius 3 is 2.46 bits per heavy atom. The van der Waals surface area contributed by atoms with Crippen LogP contribution in [0.15, 0.2) is 17.0 Å². The molecule has 0 saturated carbocycles. The van der Waals surface area contributed by atoms with Gasteiger partial charge < -0.3 is 9.47 Å². The highest BCUT2D eigenvalue weighted by Crippen LogP contribution is 2.54. The van der Waals surface area contributed by atoms with E-state index in [2.05, 4.69) is 0 Å². The standard InChI is InChI=1S/C17H19F5O3S/c1-5-24-15(23)13-11(8(2)16(3,25-13)17(20,21)22)9-6-7-10(18)12(19)14(9)26-4/h6-8,11,13H,5H2,1-4H3/t8-,11-,13+,16+/m0/s1. The highest BCUT2D eigenvalue weighted by molar-refractivity contribution is 7.98. The minimum atomic E-state index is -4.76. The molecular weight excluding hydrogens is 379 g/mol. The van der Waals surface area contributed by atoms with E-state index in [9.17, 15) is 26.7 Å². The molecule has 3 nitrogen and oxygen atoms in total. The Balaban J connectivity index is 2.63. The summed E-state index contributed by atoms with van der Waals surface area (Å²) in [5.41, 5.74) is -2.54. The number of benzene rings is 1. The molecule has 0 unspecified atom stereocenters. The number of hydrogen-bond acceptors (Lipinski definition) is 4. The third kappa shape index (κ3) is 3.31. The van der Waals surface area contributed by atoms with Crippen LogP contribution in [0.4, 0.5) is 22.0 Å². The van der Waals surface area contributed by atoms with Gasteiger partial charge in [0.2, 0.25) is 0 Å². The summed E-state index contributed by atoms with van der Waals surface area (Å²) in [4.78, 5) is 12.1. The molecule has 0 aliphatic carbocycles. The molecule has 146 valence electrons. The smallest absolute Gasteiger partial charge is 0.417 e. The third-order valence-corrected chi connectivity index (χ3v) is 5.65. The van der Waals surface area contributed by atoms with Gasteiger partial charge in [0.05, 0.1) is 6.61 Å². The Morgan fingerprint density at radius 2 is 1.96 bits per heavy atom. The summed E-state index contributed by atoms with van der Waals surface area (Å²) >= 11 is 0.856. The zero-order valence-electron chi connectivity index (χ0n) is 14.6. The van der Waals surface area contributed by atoms with Crippen molar-refractivity contribution in [1.82, 2.24) is 0 Å². The Morgan fingerprint density at radius 1 is 1.35 bits per heavy atom. The number of ether oxygens (including phenoxy) is 2. The zero-order valence-corrected chi connectivity index (χ0v) is 15.4. The first kappa shape index (κ1) is 21.0. The number of halogens is 5. The van der Waals surface area contributed by atoms with Crippen molar-refractivity contribution in [2.24, 2.45) is 5.92 Å². The molecule has 1 fully saturated rings. The summed E-state index contributed by atoms with van der Waals surface area (Å²) in [7, 11) is 0. The van der Waals surface area contributed by atoms with Crippen molar-refractivity contribution in [2.75, 3.05) is 12.9 Å². The molecule has 2 rings (SSSR count). The lowest BCUT2D eigenvalue weighted by Gasteiger charge is -2.32. The minimum absolute atomic E-state index is 0.0459. The summed E-state index contributed by atoms with van der Waals surface area (Å²) in [6, 6.07) is 2.03. The lowest BCUT2D eigenvalue weighted by Crippen LogP contribution is -2.47. The quantitative estimate of drug-likeness (QED) is 0.419. The molecule has 1 aliphatic rings. The average molecular weight is 398 g/mol. The first-order valence-electron chi connectivity index (χ1n) is 7.92. The van der Waals surface area contributed by atoms with E-state index in [1.165, 1.54) is 26.2 Å². The van der Waals surface area contributed by atoms with E-state index in [-0.39, 0.29) is 17.1 Å². The zero-order chi connectivity index (χ0) is 19.9. The number of alkyl halides is 3. The van der Waals surface area contributed by atoms with Crippen LogP contribution in [0.5, 0.6) is 0 Å². The van der Waals surface area contributed by atoms with Crippen LogP contribution in [0.1, 0.15) is 32.3 Å². The van der Waals surface area contributed by atoms with Crippen molar-refractivity contribution < 1.29 is 36.2 Å². The number of thioether (sulfide) groups is 1. The number of esters is 1. The molecule has 0 bridgehead atoms. The van der Waals surface area contributed by atoms with Crippen molar-refractivity contribution in [3.63, 3.8) is 0 Å². The maximum Gasteiger partial charge on any atom is 0.417 e. The predicted molar refractivity (Wildman–Crippen MR) is 86.0 cm³/mol. The van der Waals surface area contributed by atoms with E-state index in [1.54, 1.807) is 0 Å². The number of carbonyl (C=O) groups excluding carboxylic acids is 1. The lowest BCUT2D eigenvalue weighted by atomic mass is 9.77. The third-order valence-electron chi connectivity index (χ3n) is 4.83. The van der Waals surface area contributed by atoms with Crippen LogP contribution in [0, 0.1) is 17.6 Å². The van der Waals surface area contributed by atoms with Gasteiger partial charge in [-0.05, 0) is 31.7 Å². The molecular formula is C17H19F5O3S. The lowest BCUT2D eigenvalue weighted by molar-refractivity contribution is -0.274. The van der Waals surface area contributed by atoms with E-state index in [0.717, 1.165) is 24.8 Å². The van der Waals surface area contributed by atoms with Gasteiger partial charge in [-0.1, -0.05) is 13.0 Å². The second kappa shape index (κ2) is 7.34. The van der Waals surface area contributed by atoms with E-state index in [4.69, 9.17) is 9.47 Å². The molecule has 26 heavy (non-hydrogen) atoms. The Kier molecular flexibility index (Phi) is 5.92. The predicted octanol–water partition coefficient (Wildman–Crippen LogP) is 4.69. The van der Waals surface area contributed by atoms with Crippen LogP contribution < -0.4 is 0 Å². The van der Waals surface area contributed by atoms with Gasteiger partial charge in [0.1, 0.15) is 0 Å². The monoisotopic (exact) mass is 398 g/mol. The second-order valence-corrected chi connectivity index (χ2v) is 7.01. The number of hydrogen-bond donors (Lipinski definition) is 0. The van der Waals surface area contributed by atoms with Gasteiger partial charge in [0.25, 0.3) is 0 Å². The van der Waals surface area contributed by atoms with Crippen LogP contribution in [-0.2, 0) is 14.3 Å². The second-order valence-electron chi connectivity index (χ2n) is 6.19. The first-order valence-corrected chi connectivity index (χ1v) is 9.15. The maximum atomic E-state index is 14.2. The summed E-state index contributed by atoms with van der Waals surface area (Å²) in [5, 5.41) is 0. The van der Waals surface area contributed by atoms with Crippen LogP contribution in [-0.4, -0.2) is 36.7 Å². The van der Waals surface area contributed by atoms with Crippen LogP contribution in [0.2, 0.25) is 0 Å². The van der Waals surface area contributed by atoms with E-state index in [1.807, 2.05) is 0 Å². The number of rotatable bonds is 4. The first-order chi connectivity index (χ1) is 12.0. The van der Waals surface area contributed by atoms with Crippen molar-refractivity contribution in [2.45, 2.75) is 49.5 Å². The molecule has 1 saturated heterocycles. The normalized spacial score (nSPS) is 29.0. The molecule has 0 spiro atoms. The van der Waals surface area contributed by atoms with Crippen LogP contribution >= 0.6 is 11.8 Å². The van der Waals surface area contributed by atoms with E-state index < -0.39 is 47.3 Å². The molecule has 0 amide bonds. The Hall–Kier alpha value is -1.35. The van der Waals surface area contributed by atoms with Crippen molar-refractivity contribution in [3.05, 3.63) is 29.3 Å².